The maximum atomic E-state index is 11.8. The van der Waals surface area contributed by atoms with E-state index in [-0.39, 0.29) is 12.1 Å². The zero-order valence-electron chi connectivity index (χ0n) is 12.6. The summed E-state index contributed by atoms with van der Waals surface area (Å²) in [4.78, 5) is 11.8. The van der Waals surface area contributed by atoms with Crippen LogP contribution in [0.25, 0.3) is 6.08 Å². The van der Waals surface area contributed by atoms with Crippen molar-refractivity contribution in [2.24, 2.45) is 0 Å². The van der Waals surface area contributed by atoms with Crippen LogP contribution in [0.1, 0.15) is 25.8 Å². The fraction of sp³-hybridized carbons (Fsp3) is 0.353. The fourth-order valence-electron chi connectivity index (χ4n) is 2.15. The van der Waals surface area contributed by atoms with Crippen molar-refractivity contribution in [2.45, 2.75) is 26.4 Å². The first kappa shape index (κ1) is 15.2. The van der Waals surface area contributed by atoms with Crippen LogP contribution in [0, 0.1) is 0 Å². The van der Waals surface area contributed by atoms with Gasteiger partial charge in [0.25, 0.3) is 0 Å². The summed E-state index contributed by atoms with van der Waals surface area (Å²) in [5.41, 5.74) is 1.63. The molecule has 112 valence electrons. The number of carbonyl (C=O) groups excluding carboxylic acids is 1. The minimum Gasteiger partial charge on any atom is -0.497 e. The van der Waals surface area contributed by atoms with E-state index < -0.39 is 0 Å². The quantitative estimate of drug-likeness (QED) is 0.797. The summed E-state index contributed by atoms with van der Waals surface area (Å²) in [7, 11) is 1.63. The Morgan fingerprint density at radius 1 is 1.38 bits per heavy atom. The standard InChI is InChI=1S/C17H20O4/c1-4-20-17(18)14-9-12(2)21-16(11-14)10-13-5-7-15(19-3)8-6-13/h5-8,10-12H,4,9H2,1-3H3. The molecule has 1 aliphatic heterocycles. The van der Waals surface area contributed by atoms with Gasteiger partial charge in [-0.2, -0.15) is 0 Å². The van der Waals surface area contributed by atoms with Gasteiger partial charge >= 0.3 is 5.97 Å². The number of methoxy groups -OCH3 is 1. The normalized spacial score (nSPS) is 19.7. The maximum absolute atomic E-state index is 11.8. The zero-order chi connectivity index (χ0) is 15.2. The summed E-state index contributed by atoms with van der Waals surface area (Å²) in [5.74, 6) is 1.20. The van der Waals surface area contributed by atoms with Crippen LogP contribution in [-0.4, -0.2) is 25.8 Å². The van der Waals surface area contributed by atoms with E-state index >= 15 is 0 Å². The number of carbonyl (C=O) groups is 1. The van der Waals surface area contributed by atoms with Gasteiger partial charge in [0, 0.05) is 12.0 Å². The first-order chi connectivity index (χ1) is 10.1. The predicted octanol–water partition coefficient (Wildman–Crippen LogP) is 3.33. The van der Waals surface area contributed by atoms with Crippen LogP contribution in [0.5, 0.6) is 5.75 Å². The van der Waals surface area contributed by atoms with Crippen LogP contribution in [0.4, 0.5) is 0 Å². The average molecular weight is 288 g/mol. The van der Waals surface area contributed by atoms with Crippen LogP contribution in [-0.2, 0) is 14.3 Å². The van der Waals surface area contributed by atoms with Crippen LogP contribution in [0.3, 0.4) is 0 Å². The molecule has 4 nitrogen and oxygen atoms in total. The highest BCUT2D eigenvalue weighted by molar-refractivity contribution is 5.89. The number of esters is 1. The third kappa shape index (κ3) is 4.12. The first-order valence-electron chi connectivity index (χ1n) is 7.02. The van der Waals surface area contributed by atoms with Crippen molar-refractivity contribution in [1.29, 1.82) is 0 Å². The molecule has 1 atom stereocenters. The molecule has 0 aliphatic carbocycles. The van der Waals surface area contributed by atoms with Gasteiger partial charge in [-0.1, -0.05) is 12.1 Å². The van der Waals surface area contributed by atoms with Crippen LogP contribution in [0.2, 0.25) is 0 Å². The van der Waals surface area contributed by atoms with E-state index in [9.17, 15) is 4.79 Å². The first-order valence-corrected chi connectivity index (χ1v) is 7.02. The Bertz CT molecular complexity index is 555. The van der Waals surface area contributed by atoms with Gasteiger partial charge in [0.05, 0.1) is 13.7 Å². The van der Waals surface area contributed by atoms with Crippen molar-refractivity contribution in [1.82, 2.24) is 0 Å². The summed E-state index contributed by atoms with van der Waals surface area (Å²) in [5, 5.41) is 0. The van der Waals surface area contributed by atoms with E-state index in [1.54, 1.807) is 20.1 Å². The van der Waals surface area contributed by atoms with Crippen molar-refractivity contribution in [3.05, 3.63) is 47.2 Å². The molecule has 1 aromatic rings. The summed E-state index contributed by atoms with van der Waals surface area (Å²) in [6, 6.07) is 7.64. The number of ether oxygens (including phenoxy) is 3. The second-order valence-electron chi connectivity index (χ2n) is 4.84. The number of hydrogen-bond donors (Lipinski definition) is 0. The molecule has 21 heavy (non-hydrogen) atoms. The molecule has 1 aliphatic rings. The third-order valence-electron chi connectivity index (χ3n) is 3.12. The summed E-state index contributed by atoms with van der Waals surface area (Å²) < 4.78 is 15.9. The van der Waals surface area contributed by atoms with Gasteiger partial charge < -0.3 is 14.2 Å². The van der Waals surface area contributed by atoms with Crippen molar-refractivity contribution in [3.8, 4) is 5.75 Å². The van der Waals surface area contributed by atoms with Gasteiger partial charge in [0.15, 0.2) is 0 Å². The van der Waals surface area contributed by atoms with Crippen molar-refractivity contribution in [3.63, 3.8) is 0 Å². The van der Waals surface area contributed by atoms with Gasteiger partial charge in [-0.25, -0.2) is 4.79 Å². The molecule has 1 heterocycles. The Balaban J connectivity index is 2.21. The molecule has 0 amide bonds. The second kappa shape index (κ2) is 6.97. The summed E-state index contributed by atoms with van der Waals surface area (Å²) in [6.45, 7) is 4.12. The lowest BCUT2D eigenvalue weighted by Gasteiger charge is -2.22. The Morgan fingerprint density at radius 2 is 2.10 bits per heavy atom. The summed E-state index contributed by atoms with van der Waals surface area (Å²) in [6.07, 6.45) is 4.17. The molecular weight excluding hydrogens is 268 g/mol. The summed E-state index contributed by atoms with van der Waals surface area (Å²) >= 11 is 0. The lowest BCUT2D eigenvalue weighted by Crippen LogP contribution is -2.19. The highest BCUT2D eigenvalue weighted by atomic mass is 16.5. The molecule has 4 heteroatoms. The SMILES string of the molecule is CCOC(=O)C1=CC(=Cc2ccc(OC)cc2)OC(C)C1. The topological polar surface area (TPSA) is 44.8 Å². The van der Waals surface area contributed by atoms with Gasteiger partial charge in [0.1, 0.15) is 17.6 Å². The molecule has 1 aromatic carbocycles. The fourth-order valence-corrected chi connectivity index (χ4v) is 2.15. The predicted molar refractivity (Wildman–Crippen MR) is 80.9 cm³/mol. The smallest absolute Gasteiger partial charge is 0.334 e. The largest absolute Gasteiger partial charge is 0.497 e. The number of allylic oxidation sites excluding steroid dienone is 1. The van der Waals surface area contributed by atoms with Crippen molar-refractivity contribution >= 4 is 12.0 Å². The molecule has 0 fully saturated rings. The molecule has 0 spiro atoms. The second-order valence-corrected chi connectivity index (χ2v) is 4.84. The highest BCUT2D eigenvalue weighted by Crippen LogP contribution is 2.24. The van der Waals surface area contributed by atoms with Gasteiger partial charge in [-0.15, -0.1) is 0 Å². The zero-order valence-corrected chi connectivity index (χ0v) is 12.6. The monoisotopic (exact) mass is 288 g/mol. The molecule has 0 aromatic heterocycles. The van der Waals surface area contributed by atoms with E-state index in [0.29, 0.717) is 24.4 Å². The highest BCUT2D eigenvalue weighted by Gasteiger charge is 2.21. The molecule has 1 unspecified atom stereocenters. The van der Waals surface area contributed by atoms with Crippen LogP contribution >= 0.6 is 0 Å². The minimum absolute atomic E-state index is 0.0427. The number of hydrogen-bond acceptors (Lipinski definition) is 4. The molecule has 2 rings (SSSR count). The Hall–Kier alpha value is -2.23. The van der Waals surface area contributed by atoms with Gasteiger partial charge in [-0.05, 0) is 43.7 Å². The average Bonchev–Trinajstić information content (AvgIpc) is 2.47. The van der Waals surface area contributed by atoms with E-state index in [0.717, 1.165) is 11.3 Å². The van der Waals surface area contributed by atoms with E-state index in [1.807, 2.05) is 37.3 Å². The lowest BCUT2D eigenvalue weighted by molar-refractivity contribution is -0.139. The molecular formula is C17H20O4. The number of rotatable bonds is 4. The van der Waals surface area contributed by atoms with E-state index in [4.69, 9.17) is 14.2 Å². The number of benzene rings is 1. The molecule has 0 bridgehead atoms. The van der Waals surface area contributed by atoms with E-state index in [1.165, 1.54) is 0 Å². The molecule has 0 N–H and O–H groups in total. The Kier molecular flexibility index (Phi) is 5.04. The minimum atomic E-state index is -0.270. The van der Waals surface area contributed by atoms with Gasteiger partial charge in [-0.3, -0.25) is 0 Å². The van der Waals surface area contributed by atoms with Crippen molar-refractivity contribution < 1.29 is 19.0 Å². The third-order valence-corrected chi connectivity index (χ3v) is 3.12. The van der Waals surface area contributed by atoms with Gasteiger partial charge in [0.2, 0.25) is 0 Å². The Morgan fingerprint density at radius 3 is 2.71 bits per heavy atom. The Labute approximate surface area is 125 Å². The van der Waals surface area contributed by atoms with Crippen molar-refractivity contribution in [2.75, 3.05) is 13.7 Å². The van der Waals surface area contributed by atoms with Crippen LogP contribution < -0.4 is 4.74 Å². The maximum Gasteiger partial charge on any atom is 0.334 e. The molecule has 0 saturated heterocycles. The lowest BCUT2D eigenvalue weighted by atomic mass is 10.0. The van der Waals surface area contributed by atoms with Crippen LogP contribution in [0.15, 0.2) is 41.7 Å². The molecule has 0 radical (unpaired) electrons. The van der Waals surface area contributed by atoms with E-state index in [2.05, 4.69) is 0 Å². The molecule has 0 saturated carbocycles.